The van der Waals surface area contributed by atoms with E-state index in [0.29, 0.717) is 16.9 Å². The SMILES string of the molecule is CC(C)(C)c1ncc(CNC2CC3CCC2(C)C3(C)C)s1. The second kappa shape index (κ2) is 4.79. The van der Waals surface area contributed by atoms with Gasteiger partial charge in [-0.15, -0.1) is 11.3 Å². The van der Waals surface area contributed by atoms with Gasteiger partial charge in [-0.3, -0.25) is 0 Å². The molecule has 3 heteroatoms. The van der Waals surface area contributed by atoms with Crippen molar-refractivity contribution < 1.29 is 0 Å². The monoisotopic (exact) mass is 306 g/mol. The van der Waals surface area contributed by atoms with Gasteiger partial charge in [0.2, 0.25) is 0 Å². The van der Waals surface area contributed by atoms with Crippen molar-refractivity contribution in [3.05, 3.63) is 16.1 Å². The fourth-order valence-electron chi connectivity index (χ4n) is 4.47. The van der Waals surface area contributed by atoms with Gasteiger partial charge in [0.15, 0.2) is 0 Å². The Labute approximate surface area is 133 Å². The van der Waals surface area contributed by atoms with Crippen molar-refractivity contribution in [1.82, 2.24) is 10.3 Å². The van der Waals surface area contributed by atoms with E-state index in [0.717, 1.165) is 12.5 Å². The Hall–Kier alpha value is -0.410. The van der Waals surface area contributed by atoms with Crippen molar-refractivity contribution in [1.29, 1.82) is 0 Å². The molecule has 2 saturated carbocycles. The fraction of sp³-hybridized carbons (Fsp3) is 0.833. The number of aromatic nitrogens is 1. The van der Waals surface area contributed by atoms with Gasteiger partial charge in [0.05, 0.1) is 5.01 Å². The maximum atomic E-state index is 4.61. The lowest BCUT2D eigenvalue weighted by molar-refractivity contribution is 0.120. The molecule has 21 heavy (non-hydrogen) atoms. The summed E-state index contributed by atoms with van der Waals surface area (Å²) in [5.74, 6) is 0.909. The molecule has 1 aromatic heterocycles. The molecule has 0 amide bonds. The van der Waals surface area contributed by atoms with Crippen molar-refractivity contribution in [3.8, 4) is 0 Å². The van der Waals surface area contributed by atoms with E-state index < -0.39 is 0 Å². The molecular formula is C18H30N2S. The molecule has 2 fully saturated rings. The third-order valence-corrected chi connectivity index (χ3v) is 7.93. The number of thiazole rings is 1. The van der Waals surface area contributed by atoms with E-state index in [-0.39, 0.29) is 5.41 Å². The topological polar surface area (TPSA) is 24.9 Å². The Morgan fingerprint density at radius 3 is 2.52 bits per heavy atom. The first-order valence-electron chi connectivity index (χ1n) is 8.33. The van der Waals surface area contributed by atoms with Crippen LogP contribution in [-0.4, -0.2) is 11.0 Å². The Bertz CT molecular complexity index is 526. The zero-order valence-corrected chi connectivity index (χ0v) is 15.2. The highest BCUT2D eigenvalue weighted by Gasteiger charge is 2.60. The molecule has 0 aromatic carbocycles. The summed E-state index contributed by atoms with van der Waals surface area (Å²) in [6, 6.07) is 0.673. The standard InChI is InChI=1S/C18H30N2S/c1-16(2,3)15-20-11-13(21-15)10-19-14-9-12-7-8-18(14,6)17(12,4)5/h11-12,14,19H,7-10H2,1-6H3. The summed E-state index contributed by atoms with van der Waals surface area (Å²) in [5, 5.41) is 5.11. The number of fused-ring (bicyclic) bond motifs is 2. The van der Waals surface area contributed by atoms with Crippen LogP contribution in [0.25, 0.3) is 0 Å². The summed E-state index contributed by atoms with van der Waals surface area (Å²) in [6.07, 6.45) is 6.24. The van der Waals surface area contributed by atoms with Crippen LogP contribution in [0.15, 0.2) is 6.20 Å². The number of nitrogens with zero attached hydrogens (tertiary/aromatic N) is 1. The van der Waals surface area contributed by atoms with Crippen molar-refractivity contribution >= 4 is 11.3 Å². The highest BCUT2D eigenvalue weighted by Crippen LogP contribution is 2.65. The minimum absolute atomic E-state index is 0.170. The van der Waals surface area contributed by atoms with Gasteiger partial charge in [-0.05, 0) is 36.0 Å². The van der Waals surface area contributed by atoms with Crippen LogP contribution in [0, 0.1) is 16.7 Å². The van der Waals surface area contributed by atoms with E-state index >= 15 is 0 Å². The Balaban J connectivity index is 1.66. The van der Waals surface area contributed by atoms with E-state index in [1.54, 1.807) is 0 Å². The van der Waals surface area contributed by atoms with Crippen LogP contribution in [0.4, 0.5) is 0 Å². The van der Waals surface area contributed by atoms with E-state index in [4.69, 9.17) is 0 Å². The molecule has 3 atom stereocenters. The van der Waals surface area contributed by atoms with Crippen LogP contribution in [0.3, 0.4) is 0 Å². The predicted octanol–water partition coefficient (Wildman–Crippen LogP) is 4.75. The Morgan fingerprint density at radius 1 is 1.33 bits per heavy atom. The second-order valence-electron chi connectivity index (χ2n) is 8.93. The summed E-state index contributed by atoms with van der Waals surface area (Å²) in [7, 11) is 0. The summed E-state index contributed by atoms with van der Waals surface area (Å²) < 4.78 is 0. The minimum atomic E-state index is 0.170. The molecule has 3 unspecified atom stereocenters. The molecule has 2 aliphatic carbocycles. The molecule has 0 radical (unpaired) electrons. The van der Waals surface area contributed by atoms with Gasteiger partial charge in [-0.25, -0.2) is 4.98 Å². The predicted molar refractivity (Wildman–Crippen MR) is 90.7 cm³/mol. The minimum Gasteiger partial charge on any atom is -0.308 e. The zero-order valence-electron chi connectivity index (χ0n) is 14.4. The lowest BCUT2D eigenvalue weighted by atomic mass is 9.69. The van der Waals surface area contributed by atoms with Gasteiger partial charge < -0.3 is 5.32 Å². The third kappa shape index (κ3) is 2.37. The van der Waals surface area contributed by atoms with Crippen LogP contribution < -0.4 is 5.32 Å². The molecule has 0 aliphatic heterocycles. The number of rotatable bonds is 3. The quantitative estimate of drug-likeness (QED) is 0.872. The first-order valence-corrected chi connectivity index (χ1v) is 9.15. The van der Waals surface area contributed by atoms with E-state index in [2.05, 4.69) is 58.0 Å². The van der Waals surface area contributed by atoms with E-state index in [1.807, 2.05) is 11.3 Å². The zero-order chi connectivity index (χ0) is 15.5. The van der Waals surface area contributed by atoms with Crippen LogP contribution in [0.2, 0.25) is 0 Å². The van der Waals surface area contributed by atoms with Gasteiger partial charge in [0.25, 0.3) is 0 Å². The fourth-order valence-corrected chi connectivity index (χ4v) is 5.39. The van der Waals surface area contributed by atoms with Crippen molar-refractivity contribution in [2.45, 2.75) is 78.8 Å². The molecule has 118 valence electrons. The van der Waals surface area contributed by atoms with Crippen LogP contribution >= 0.6 is 11.3 Å². The van der Waals surface area contributed by atoms with Gasteiger partial charge in [-0.1, -0.05) is 41.5 Å². The van der Waals surface area contributed by atoms with Crippen LogP contribution in [-0.2, 0) is 12.0 Å². The molecule has 2 nitrogen and oxygen atoms in total. The van der Waals surface area contributed by atoms with Gasteiger partial charge in [-0.2, -0.15) is 0 Å². The molecule has 1 aromatic rings. The first kappa shape index (κ1) is 15.5. The normalized spacial score (nSPS) is 34.6. The van der Waals surface area contributed by atoms with Crippen molar-refractivity contribution in [2.24, 2.45) is 16.7 Å². The molecule has 1 N–H and O–H groups in total. The van der Waals surface area contributed by atoms with Crippen LogP contribution in [0.1, 0.15) is 70.7 Å². The summed E-state index contributed by atoms with van der Waals surface area (Å²) in [5.41, 5.74) is 1.13. The third-order valence-electron chi connectivity index (χ3n) is 6.51. The molecule has 3 rings (SSSR count). The molecule has 0 spiro atoms. The van der Waals surface area contributed by atoms with Gasteiger partial charge >= 0.3 is 0 Å². The van der Waals surface area contributed by atoms with E-state index in [1.165, 1.54) is 29.1 Å². The number of hydrogen-bond acceptors (Lipinski definition) is 3. The molecule has 1 heterocycles. The highest BCUT2D eigenvalue weighted by atomic mass is 32.1. The average molecular weight is 307 g/mol. The van der Waals surface area contributed by atoms with Gasteiger partial charge in [0.1, 0.15) is 0 Å². The first-order chi connectivity index (χ1) is 9.64. The van der Waals surface area contributed by atoms with Gasteiger partial charge in [0, 0.05) is 29.1 Å². The lowest BCUT2D eigenvalue weighted by Gasteiger charge is -2.39. The maximum absolute atomic E-state index is 4.61. The number of hydrogen-bond donors (Lipinski definition) is 1. The molecule has 2 aliphatic rings. The van der Waals surface area contributed by atoms with Crippen LogP contribution in [0.5, 0.6) is 0 Å². The largest absolute Gasteiger partial charge is 0.308 e. The lowest BCUT2D eigenvalue weighted by Crippen LogP contribution is -2.44. The molecule has 0 saturated heterocycles. The van der Waals surface area contributed by atoms with E-state index in [9.17, 15) is 0 Å². The molecule has 2 bridgehead atoms. The second-order valence-corrected chi connectivity index (χ2v) is 10.0. The average Bonchev–Trinajstić information content (AvgIpc) is 2.97. The Morgan fingerprint density at radius 2 is 2.05 bits per heavy atom. The summed E-state index contributed by atoms with van der Waals surface area (Å²) in [6.45, 7) is 15.2. The van der Waals surface area contributed by atoms with Crippen molar-refractivity contribution in [3.63, 3.8) is 0 Å². The smallest absolute Gasteiger partial charge is 0.0981 e. The van der Waals surface area contributed by atoms with Crippen molar-refractivity contribution in [2.75, 3.05) is 0 Å². The Kier molecular flexibility index (Phi) is 3.53. The number of nitrogens with one attached hydrogen (secondary N) is 1. The summed E-state index contributed by atoms with van der Waals surface area (Å²) >= 11 is 1.87. The molecular weight excluding hydrogens is 276 g/mol. The summed E-state index contributed by atoms with van der Waals surface area (Å²) in [4.78, 5) is 5.98. The maximum Gasteiger partial charge on any atom is 0.0981 e. The highest BCUT2D eigenvalue weighted by molar-refractivity contribution is 7.11.